The van der Waals surface area contributed by atoms with Crippen molar-refractivity contribution >= 4 is 40.2 Å². The maximum Gasteiger partial charge on any atom is 0.341 e. The van der Waals surface area contributed by atoms with Crippen molar-refractivity contribution in [2.24, 2.45) is 0 Å². The predicted molar refractivity (Wildman–Crippen MR) is 122 cm³/mol. The third-order valence-corrected chi connectivity index (χ3v) is 7.45. The summed E-state index contributed by atoms with van der Waals surface area (Å²) in [6.45, 7) is 1.92. The number of fused-ring (bicyclic) bond motifs is 2. The molecule has 3 heterocycles. The van der Waals surface area contributed by atoms with Crippen molar-refractivity contribution in [1.82, 2.24) is 0 Å². The van der Waals surface area contributed by atoms with E-state index >= 15 is 0 Å². The molecular formula is C25H23NO5S. The molecule has 2 amide bonds. The highest BCUT2D eigenvalue weighted by Gasteiger charge is 2.40. The molecule has 0 N–H and O–H groups in total. The van der Waals surface area contributed by atoms with E-state index < -0.39 is 5.97 Å². The molecule has 0 saturated carbocycles. The molecule has 1 fully saturated rings. The Balaban J connectivity index is 1.53. The Hall–Kier alpha value is -3.19. The Morgan fingerprint density at radius 1 is 1.22 bits per heavy atom. The van der Waals surface area contributed by atoms with Crippen molar-refractivity contribution in [3.8, 4) is 5.75 Å². The van der Waals surface area contributed by atoms with Crippen LogP contribution in [0.2, 0.25) is 0 Å². The second-order valence-corrected chi connectivity index (χ2v) is 9.29. The fraction of sp³-hybridized carbons (Fsp3) is 0.320. The topological polar surface area (TPSA) is 72.9 Å². The van der Waals surface area contributed by atoms with Gasteiger partial charge in [-0.15, -0.1) is 11.3 Å². The molecule has 2 aliphatic heterocycles. The maximum absolute atomic E-state index is 13.3. The van der Waals surface area contributed by atoms with E-state index in [1.807, 2.05) is 37.3 Å². The SMILES string of the molecule is COC(=O)c1c(N2C(=O)C/C(=C\C3=Cc4ccccc4O[C@H]3C)C2=O)sc2c1CCCC2. The van der Waals surface area contributed by atoms with Crippen LogP contribution in [0, 0.1) is 0 Å². The molecule has 0 unspecified atom stereocenters. The van der Waals surface area contributed by atoms with Crippen LogP contribution in [0.4, 0.5) is 5.00 Å². The molecule has 2 aromatic rings. The molecular weight excluding hydrogens is 426 g/mol. The second-order valence-electron chi connectivity index (χ2n) is 8.21. The number of hydrogen-bond donors (Lipinski definition) is 0. The van der Waals surface area contributed by atoms with Gasteiger partial charge in [-0.1, -0.05) is 18.2 Å². The van der Waals surface area contributed by atoms with Crippen molar-refractivity contribution < 1.29 is 23.9 Å². The molecule has 1 aromatic carbocycles. The minimum atomic E-state index is -0.494. The van der Waals surface area contributed by atoms with Gasteiger partial charge in [0.05, 0.1) is 19.1 Å². The highest BCUT2D eigenvalue weighted by Crippen LogP contribution is 2.43. The normalized spacial score (nSPS) is 21.2. The third kappa shape index (κ3) is 3.37. The number of aryl methyl sites for hydroxylation is 1. The first-order valence-corrected chi connectivity index (χ1v) is 11.6. The number of esters is 1. The van der Waals surface area contributed by atoms with Gasteiger partial charge in [0.1, 0.15) is 16.9 Å². The Bertz CT molecular complexity index is 1200. The van der Waals surface area contributed by atoms with Gasteiger partial charge >= 0.3 is 5.97 Å². The first-order chi connectivity index (χ1) is 15.5. The van der Waals surface area contributed by atoms with Gasteiger partial charge in [0, 0.05) is 16.0 Å². The van der Waals surface area contributed by atoms with E-state index in [0.717, 1.165) is 53.0 Å². The molecule has 1 aliphatic carbocycles. The molecule has 7 heteroatoms. The summed E-state index contributed by atoms with van der Waals surface area (Å²) in [5, 5.41) is 0.398. The van der Waals surface area contributed by atoms with Gasteiger partial charge < -0.3 is 9.47 Å². The van der Waals surface area contributed by atoms with Crippen molar-refractivity contribution in [2.75, 3.05) is 12.0 Å². The van der Waals surface area contributed by atoms with Crippen molar-refractivity contribution in [3.05, 3.63) is 63.1 Å². The largest absolute Gasteiger partial charge is 0.485 e. The van der Waals surface area contributed by atoms with Crippen LogP contribution in [0.5, 0.6) is 5.75 Å². The number of anilines is 1. The first-order valence-electron chi connectivity index (χ1n) is 10.8. The number of hydrogen-bond acceptors (Lipinski definition) is 6. The van der Waals surface area contributed by atoms with Gasteiger partial charge in [-0.25, -0.2) is 9.69 Å². The zero-order valence-electron chi connectivity index (χ0n) is 18.0. The summed E-state index contributed by atoms with van der Waals surface area (Å²) >= 11 is 1.37. The van der Waals surface area contributed by atoms with Crippen molar-refractivity contribution in [2.45, 2.75) is 45.1 Å². The Labute approximate surface area is 190 Å². The lowest BCUT2D eigenvalue weighted by molar-refractivity contribution is -0.120. The number of nitrogens with zero attached hydrogens (tertiary/aromatic N) is 1. The minimum Gasteiger partial charge on any atom is -0.485 e. The Morgan fingerprint density at radius 2 is 2.00 bits per heavy atom. The molecule has 0 radical (unpaired) electrons. The smallest absolute Gasteiger partial charge is 0.341 e. The Kier molecular flexibility index (Phi) is 5.21. The molecule has 6 nitrogen and oxygen atoms in total. The van der Waals surface area contributed by atoms with Crippen LogP contribution in [0.25, 0.3) is 6.08 Å². The minimum absolute atomic E-state index is 0.00623. The number of carbonyl (C=O) groups is 3. The van der Waals surface area contributed by atoms with Gasteiger partial charge in [-0.2, -0.15) is 0 Å². The van der Waals surface area contributed by atoms with Crippen molar-refractivity contribution in [1.29, 1.82) is 0 Å². The third-order valence-electron chi connectivity index (χ3n) is 6.17. The number of rotatable bonds is 3. The average molecular weight is 450 g/mol. The molecule has 164 valence electrons. The molecule has 0 spiro atoms. The van der Waals surface area contributed by atoms with Crippen LogP contribution in [-0.2, 0) is 27.2 Å². The molecule has 5 rings (SSSR count). The number of carbonyl (C=O) groups excluding carboxylic acids is 3. The van der Waals surface area contributed by atoms with Crippen LogP contribution in [0.15, 0.2) is 41.5 Å². The van der Waals surface area contributed by atoms with Gasteiger partial charge in [0.15, 0.2) is 0 Å². The number of imide groups is 1. The van der Waals surface area contributed by atoms with Crippen LogP contribution in [-0.4, -0.2) is 31.0 Å². The summed E-state index contributed by atoms with van der Waals surface area (Å²) in [7, 11) is 1.33. The molecule has 0 bridgehead atoms. The lowest BCUT2D eigenvalue weighted by Gasteiger charge is -2.23. The number of para-hydroxylation sites is 1. The van der Waals surface area contributed by atoms with E-state index in [1.165, 1.54) is 23.3 Å². The van der Waals surface area contributed by atoms with E-state index in [9.17, 15) is 14.4 Å². The van der Waals surface area contributed by atoms with E-state index in [2.05, 4.69) is 0 Å². The number of amides is 2. The summed E-state index contributed by atoms with van der Waals surface area (Å²) in [6.07, 6.45) is 7.12. The lowest BCUT2D eigenvalue weighted by Crippen LogP contribution is -2.30. The summed E-state index contributed by atoms with van der Waals surface area (Å²) < 4.78 is 11.0. The predicted octanol–water partition coefficient (Wildman–Crippen LogP) is 4.47. The number of benzene rings is 1. The summed E-state index contributed by atoms with van der Waals surface area (Å²) in [5.41, 5.74) is 3.47. The van der Waals surface area contributed by atoms with E-state index in [0.29, 0.717) is 16.1 Å². The number of ether oxygens (including phenoxy) is 2. The average Bonchev–Trinajstić information content (AvgIpc) is 3.30. The number of thiophene rings is 1. The fourth-order valence-electron chi connectivity index (χ4n) is 4.54. The zero-order chi connectivity index (χ0) is 22.4. The zero-order valence-corrected chi connectivity index (χ0v) is 18.8. The highest BCUT2D eigenvalue weighted by molar-refractivity contribution is 7.17. The monoisotopic (exact) mass is 449 g/mol. The van der Waals surface area contributed by atoms with Crippen LogP contribution < -0.4 is 9.64 Å². The molecule has 32 heavy (non-hydrogen) atoms. The number of methoxy groups -OCH3 is 1. The standard InChI is InChI=1S/C25H23NO5S/c1-14-16(11-15-7-3-5-9-19(15)31-14)12-17-13-21(27)26(23(17)28)24-22(25(29)30-2)18-8-4-6-10-20(18)32-24/h3,5,7,9,11-12,14H,4,6,8,10,13H2,1-2H3/b17-12+/t14-/m0/s1. The Morgan fingerprint density at radius 3 is 2.81 bits per heavy atom. The van der Waals surface area contributed by atoms with Crippen LogP contribution >= 0.6 is 11.3 Å². The summed E-state index contributed by atoms with van der Waals surface area (Å²) in [6, 6.07) is 7.70. The summed E-state index contributed by atoms with van der Waals surface area (Å²) in [5.74, 6) is -0.406. The van der Waals surface area contributed by atoms with Gasteiger partial charge in [0.2, 0.25) is 5.91 Å². The summed E-state index contributed by atoms with van der Waals surface area (Å²) in [4.78, 5) is 41.1. The van der Waals surface area contributed by atoms with Gasteiger partial charge in [-0.05, 0) is 62.0 Å². The molecule has 3 aliphatic rings. The fourth-order valence-corrected chi connectivity index (χ4v) is 5.93. The lowest BCUT2D eigenvalue weighted by atomic mass is 9.95. The maximum atomic E-state index is 13.3. The highest BCUT2D eigenvalue weighted by atomic mass is 32.1. The van der Waals surface area contributed by atoms with Gasteiger partial charge in [0.25, 0.3) is 5.91 Å². The molecule has 1 atom stereocenters. The molecule has 1 saturated heterocycles. The second kappa shape index (κ2) is 8.06. The van der Waals surface area contributed by atoms with Crippen LogP contribution in [0.3, 0.4) is 0 Å². The quantitative estimate of drug-likeness (QED) is 0.393. The van der Waals surface area contributed by atoms with E-state index in [1.54, 1.807) is 6.08 Å². The molecule has 1 aromatic heterocycles. The van der Waals surface area contributed by atoms with Crippen molar-refractivity contribution in [3.63, 3.8) is 0 Å². The van der Waals surface area contributed by atoms with E-state index in [-0.39, 0.29) is 24.3 Å². The van der Waals surface area contributed by atoms with Gasteiger partial charge in [-0.3, -0.25) is 9.59 Å². The van der Waals surface area contributed by atoms with E-state index in [4.69, 9.17) is 9.47 Å². The van der Waals surface area contributed by atoms with Crippen LogP contribution in [0.1, 0.15) is 52.5 Å². The first kappa shape index (κ1) is 20.7.